The Morgan fingerprint density at radius 2 is 2.18 bits per heavy atom. The topological polar surface area (TPSA) is 75.1 Å². The molecule has 2 heterocycles. The Kier molecular flexibility index (Phi) is 3.30. The van der Waals surface area contributed by atoms with Gasteiger partial charge in [0.15, 0.2) is 0 Å². The molecule has 0 saturated heterocycles. The standard InChI is InChI=1S/C12H11N3O2/c16-11-8-13-6-4-10(11)12(17)15-7-9-3-1-2-5-14-9/h1-6,8,16H,7H2,(H,15,17). The first kappa shape index (κ1) is 11.1. The van der Waals surface area contributed by atoms with Gasteiger partial charge in [-0.3, -0.25) is 14.8 Å². The van der Waals surface area contributed by atoms with E-state index in [0.29, 0.717) is 6.54 Å². The quantitative estimate of drug-likeness (QED) is 0.826. The van der Waals surface area contributed by atoms with Gasteiger partial charge in [0.05, 0.1) is 24.0 Å². The van der Waals surface area contributed by atoms with Gasteiger partial charge < -0.3 is 10.4 Å². The molecule has 17 heavy (non-hydrogen) atoms. The fourth-order valence-electron chi connectivity index (χ4n) is 1.35. The lowest BCUT2D eigenvalue weighted by atomic mass is 10.2. The second kappa shape index (κ2) is 5.07. The number of nitrogens with zero attached hydrogens (tertiary/aromatic N) is 2. The van der Waals surface area contributed by atoms with Crippen LogP contribution in [0.4, 0.5) is 0 Å². The molecule has 1 amide bonds. The van der Waals surface area contributed by atoms with Crippen LogP contribution in [0.1, 0.15) is 16.1 Å². The fraction of sp³-hybridized carbons (Fsp3) is 0.0833. The van der Waals surface area contributed by atoms with Crippen LogP contribution < -0.4 is 5.32 Å². The average molecular weight is 229 g/mol. The number of aromatic nitrogens is 2. The molecule has 0 aliphatic carbocycles. The predicted octanol–water partition coefficient (Wildman–Crippen LogP) is 1.11. The predicted molar refractivity (Wildman–Crippen MR) is 61.3 cm³/mol. The highest BCUT2D eigenvalue weighted by molar-refractivity contribution is 5.96. The molecule has 0 atom stereocenters. The van der Waals surface area contributed by atoms with E-state index in [9.17, 15) is 9.90 Å². The number of nitrogens with one attached hydrogen (secondary N) is 1. The van der Waals surface area contributed by atoms with Gasteiger partial charge in [-0.25, -0.2) is 0 Å². The van der Waals surface area contributed by atoms with Gasteiger partial charge in [-0.05, 0) is 18.2 Å². The van der Waals surface area contributed by atoms with E-state index in [2.05, 4.69) is 15.3 Å². The summed E-state index contributed by atoms with van der Waals surface area (Å²) < 4.78 is 0. The maximum Gasteiger partial charge on any atom is 0.255 e. The molecule has 2 aromatic rings. The molecule has 0 unspecified atom stereocenters. The summed E-state index contributed by atoms with van der Waals surface area (Å²) in [5.74, 6) is -0.485. The normalized spacial score (nSPS) is 9.88. The van der Waals surface area contributed by atoms with Gasteiger partial charge >= 0.3 is 0 Å². The number of pyridine rings is 2. The molecule has 0 saturated carbocycles. The summed E-state index contributed by atoms with van der Waals surface area (Å²) in [4.78, 5) is 19.5. The lowest BCUT2D eigenvalue weighted by Crippen LogP contribution is -2.23. The molecular formula is C12H11N3O2. The Morgan fingerprint density at radius 3 is 2.88 bits per heavy atom. The average Bonchev–Trinajstić information content (AvgIpc) is 2.38. The number of carbonyl (C=O) groups excluding carboxylic acids is 1. The number of aromatic hydroxyl groups is 1. The molecule has 0 aliphatic heterocycles. The molecule has 0 aliphatic rings. The third-order valence-electron chi connectivity index (χ3n) is 2.20. The van der Waals surface area contributed by atoms with Crippen molar-refractivity contribution >= 4 is 5.91 Å². The summed E-state index contributed by atoms with van der Waals surface area (Å²) in [5, 5.41) is 12.1. The van der Waals surface area contributed by atoms with Gasteiger partial charge in [-0.2, -0.15) is 0 Å². The molecule has 0 radical (unpaired) electrons. The molecule has 0 bridgehead atoms. The SMILES string of the molecule is O=C(NCc1ccccn1)c1ccncc1O. The van der Waals surface area contributed by atoms with Crippen LogP contribution in [-0.2, 0) is 6.54 Å². The number of rotatable bonds is 3. The highest BCUT2D eigenvalue weighted by Gasteiger charge is 2.09. The van der Waals surface area contributed by atoms with E-state index in [-0.39, 0.29) is 17.2 Å². The molecule has 86 valence electrons. The molecule has 2 rings (SSSR count). The summed E-state index contributed by atoms with van der Waals surface area (Å²) in [7, 11) is 0. The van der Waals surface area contributed by atoms with E-state index < -0.39 is 0 Å². The summed E-state index contributed by atoms with van der Waals surface area (Å²) in [5.41, 5.74) is 0.963. The van der Waals surface area contributed by atoms with E-state index in [4.69, 9.17) is 0 Å². The third kappa shape index (κ3) is 2.78. The van der Waals surface area contributed by atoms with Crippen LogP contribution in [0, 0.1) is 0 Å². The van der Waals surface area contributed by atoms with Crippen molar-refractivity contribution in [2.24, 2.45) is 0 Å². The second-order valence-electron chi connectivity index (χ2n) is 3.40. The van der Waals surface area contributed by atoms with Crippen molar-refractivity contribution in [2.75, 3.05) is 0 Å². The Bertz CT molecular complexity index is 514. The van der Waals surface area contributed by atoms with E-state index in [1.165, 1.54) is 18.5 Å². The van der Waals surface area contributed by atoms with Crippen LogP contribution in [0.5, 0.6) is 5.75 Å². The van der Waals surface area contributed by atoms with Crippen LogP contribution in [0.25, 0.3) is 0 Å². The zero-order valence-corrected chi connectivity index (χ0v) is 9.00. The Labute approximate surface area is 98.2 Å². The zero-order chi connectivity index (χ0) is 12.1. The minimum Gasteiger partial charge on any atom is -0.505 e. The van der Waals surface area contributed by atoms with Crippen molar-refractivity contribution in [3.63, 3.8) is 0 Å². The number of carbonyl (C=O) groups is 1. The number of hydrogen-bond acceptors (Lipinski definition) is 4. The molecule has 5 heteroatoms. The van der Waals surface area contributed by atoms with E-state index in [1.807, 2.05) is 12.1 Å². The van der Waals surface area contributed by atoms with Gasteiger partial charge in [0.25, 0.3) is 5.91 Å². The Morgan fingerprint density at radius 1 is 1.29 bits per heavy atom. The molecule has 5 nitrogen and oxygen atoms in total. The van der Waals surface area contributed by atoms with Crippen LogP contribution in [-0.4, -0.2) is 21.0 Å². The molecule has 2 N–H and O–H groups in total. The van der Waals surface area contributed by atoms with Gasteiger partial charge in [0.2, 0.25) is 0 Å². The third-order valence-corrected chi connectivity index (χ3v) is 2.20. The van der Waals surface area contributed by atoms with Crippen molar-refractivity contribution in [1.29, 1.82) is 0 Å². The van der Waals surface area contributed by atoms with Crippen molar-refractivity contribution in [3.8, 4) is 5.75 Å². The number of hydrogen-bond donors (Lipinski definition) is 2. The molecule has 0 fully saturated rings. The Balaban J connectivity index is 2.01. The summed E-state index contributed by atoms with van der Waals surface area (Å²) in [6.45, 7) is 0.321. The fourth-order valence-corrected chi connectivity index (χ4v) is 1.35. The van der Waals surface area contributed by atoms with E-state index >= 15 is 0 Å². The van der Waals surface area contributed by atoms with Gasteiger partial charge in [0, 0.05) is 12.4 Å². The first-order valence-corrected chi connectivity index (χ1v) is 5.08. The van der Waals surface area contributed by atoms with Crippen molar-refractivity contribution in [2.45, 2.75) is 6.54 Å². The van der Waals surface area contributed by atoms with Gasteiger partial charge in [-0.1, -0.05) is 6.07 Å². The summed E-state index contributed by atoms with van der Waals surface area (Å²) in [6.07, 6.45) is 4.34. The molecule has 2 aromatic heterocycles. The first-order chi connectivity index (χ1) is 8.27. The van der Waals surface area contributed by atoms with Gasteiger partial charge in [0.1, 0.15) is 5.75 Å². The van der Waals surface area contributed by atoms with Crippen molar-refractivity contribution in [1.82, 2.24) is 15.3 Å². The van der Waals surface area contributed by atoms with Crippen LogP contribution in [0.3, 0.4) is 0 Å². The largest absolute Gasteiger partial charge is 0.505 e. The summed E-state index contributed by atoms with van der Waals surface area (Å²) >= 11 is 0. The van der Waals surface area contributed by atoms with Crippen LogP contribution in [0.15, 0.2) is 42.9 Å². The minimum absolute atomic E-state index is 0.133. The highest BCUT2D eigenvalue weighted by atomic mass is 16.3. The summed E-state index contributed by atoms with van der Waals surface area (Å²) in [6, 6.07) is 6.92. The molecule has 0 spiro atoms. The van der Waals surface area contributed by atoms with Crippen LogP contribution >= 0.6 is 0 Å². The maximum atomic E-state index is 11.7. The first-order valence-electron chi connectivity index (χ1n) is 5.08. The van der Waals surface area contributed by atoms with E-state index in [1.54, 1.807) is 12.3 Å². The molecular weight excluding hydrogens is 218 g/mol. The number of amides is 1. The van der Waals surface area contributed by atoms with Crippen molar-refractivity contribution in [3.05, 3.63) is 54.1 Å². The highest BCUT2D eigenvalue weighted by Crippen LogP contribution is 2.13. The Hall–Kier alpha value is -2.43. The van der Waals surface area contributed by atoms with E-state index in [0.717, 1.165) is 5.69 Å². The maximum absolute atomic E-state index is 11.7. The van der Waals surface area contributed by atoms with Gasteiger partial charge in [-0.15, -0.1) is 0 Å². The zero-order valence-electron chi connectivity index (χ0n) is 9.00. The minimum atomic E-state index is -0.351. The van der Waals surface area contributed by atoms with Crippen molar-refractivity contribution < 1.29 is 9.90 Å². The smallest absolute Gasteiger partial charge is 0.255 e. The lowest BCUT2D eigenvalue weighted by molar-refractivity contribution is 0.0947. The second-order valence-corrected chi connectivity index (χ2v) is 3.40. The monoisotopic (exact) mass is 229 g/mol. The molecule has 0 aromatic carbocycles. The lowest BCUT2D eigenvalue weighted by Gasteiger charge is -2.05. The van der Waals surface area contributed by atoms with Crippen LogP contribution in [0.2, 0.25) is 0 Å².